The van der Waals surface area contributed by atoms with Crippen LogP contribution in [0.5, 0.6) is 0 Å². The van der Waals surface area contributed by atoms with Crippen molar-refractivity contribution in [3.05, 3.63) is 0 Å². The van der Waals surface area contributed by atoms with E-state index in [2.05, 4.69) is 15.9 Å². The summed E-state index contributed by atoms with van der Waals surface area (Å²) in [5.74, 6) is 0. The summed E-state index contributed by atoms with van der Waals surface area (Å²) in [6, 6.07) is 0. The van der Waals surface area contributed by atoms with Gasteiger partial charge < -0.3 is 17.0 Å². The summed E-state index contributed by atoms with van der Waals surface area (Å²) in [7, 11) is 0. The van der Waals surface area contributed by atoms with Crippen molar-refractivity contribution >= 4 is 20.6 Å². The highest BCUT2D eigenvalue weighted by atomic mass is 79.9. The second-order valence-electron chi connectivity index (χ2n) is 0.800. The van der Waals surface area contributed by atoms with Crippen LogP contribution in [0.1, 0.15) is 13.3 Å². The predicted octanol–water partition coefficient (Wildman–Crippen LogP) is -3.05. The molecule has 38 valence electrons. The molecule has 6 heavy (non-hydrogen) atoms. The second kappa shape index (κ2) is 5.63. The van der Waals surface area contributed by atoms with E-state index < -0.39 is 0 Å². The van der Waals surface area contributed by atoms with E-state index in [1.165, 1.54) is 0 Å². The molecule has 0 radical (unpaired) electrons. The molecule has 0 saturated carbocycles. The Labute approximate surface area is 56.5 Å². The summed E-state index contributed by atoms with van der Waals surface area (Å²) in [5.41, 5.74) is 0. The molecule has 0 aromatic carbocycles. The molecule has 0 aliphatic rings. The Hall–Kier alpha value is 0.630. The molecular weight excluding hydrogens is 210 g/mol. The Kier molecular flexibility index (Phi) is 9.20. The quantitative estimate of drug-likeness (QED) is 0.451. The van der Waals surface area contributed by atoms with Gasteiger partial charge in [-0.05, 0) is 0 Å². The highest BCUT2D eigenvalue weighted by Gasteiger charge is 1.82. The van der Waals surface area contributed by atoms with Gasteiger partial charge in [0.1, 0.15) is 0 Å². The highest BCUT2D eigenvalue weighted by Crippen LogP contribution is 1.82. The van der Waals surface area contributed by atoms with E-state index in [0.29, 0.717) is 0 Å². The molecule has 0 aliphatic heterocycles. The van der Waals surface area contributed by atoms with Crippen LogP contribution in [0.4, 0.5) is 0 Å². The van der Waals surface area contributed by atoms with E-state index in [0.717, 1.165) is 11.0 Å². The van der Waals surface area contributed by atoms with Gasteiger partial charge in [-0.2, -0.15) is 0 Å². The van der Waals surface area contributed by atoms with E-state index in [4.69, 9.17) is 5.41 Å². The first-order valence-corrected chi connectivity index (χ1v) is 2.33. The highest BCUT2D eigenvalue weighted by molar-refractivity contribution is 9.18. The van der Waals surface area contributed by atoms with Crippen molar-refractivity contribution in [2.45, 2.75) is 13.3 Å². The monoisotopic (exact) mass is 215 g/mol. The maximum atomic E-state index is 5.12. The van der Waals surface area contributed by atoms with Crippen molar-refractivity contribution in [3.8, 4) is 0 Å². The standard InChI is InChI=1S/C3H6BrN.BrH/c1-2-3(4)5;/h5H,2H2,1H3;1H. The van der Waals surface area contributed by atoms with Gasteiger partial charge in [-0.15, -0.1) is 0 Å². The van der Waals surface area contributed by atoms with Crippen LogP contribution in [0.15, 0.2) is 0 Å². The van der Waals surface area contributed by atoms with Crippen molar-refractivity contribution in [1.82, 2.24) is 0 Å². The molecule has 0 aromatic heterocycles. The van der Waals surface area contributed by atoms with Crippen molar-refractivity contribution in [1.29, 1.82) is 0 Å². The number of hydrogen-bond acceptors (Lipinski definition) is 0. The average Bonchev–Trinajstić information content (AvgIpc) is 1.38. The van der Waals surface area contributed by atoms with E-state index in [-0.39, 0.29) is 17.0 Å². The van der Waals surface area contributed by atoms with Crippen LogP contribution in [0.2, 0.25) is 0 Å². The Morgan fingerprint density at radius 2 is 2.00 bits per heavy atom. The van der Waals surface area contributed by atoms with Gasteiger partial charge in [0.05, 0.1) is 0 Å². The SMILES string of the molecule is CCC(=[NH2+])Br.[Br-]. The lowest BCUT2D eigenvalue weighted by Gasteiger charge is -1.66. The van der Waals surface area contributed by atoms with Gasteiger partial charge in [-0.3, -0.25) is 5.41 Å². The third-order valence-electron chi connectivity index (χ3n) is 0.338. The normalized spacial score (nSPS) is 6.33. The van der Waals surface area contributed by atoms with Crippen LogP contribution >= 0.6 is 15.9 Å². The third kappa shape index (κ3) is 8.82. The second-order valence-corrected chi connectivity index (χ2v) is 1.82. The lowest BCUT2D eigenvalue weighted by atomic mass is 10.6. The molecule has 0 heterocycles. The van der Waals surface area contributed by atoms with Gasteiger partial charge >= 0.3 is 0 Å². The molecule has 3 heteroatoms. The van der Waals surface area contributed by atoms with Crippen LogP contribution in [0.25, 0.3) is 0 Å². The first-order valence-electron chi connectivity index (χ1n) is 1.54. The number of rotatable bonds is 1. The fraction of sp³-hybridized carbons (Fsp3) is 0.667. The topological polar surface area (TPSA) is 25.6 Å². The number of hydrogen-bond donors (Lipinski definition) is 1. The van der Waals surface area contributed by atoms with E-state index in [1.54, 1.807) is 0 Å². The van der Waals surface area contributed by atoms with Gasteiger partial charge in [0.25, 0.3) is 0 Å². The fourth-order valence-electron chi connectivity index (χ4n) is 0. The van der Waals surface area contributed by atoms with Crippen LogP contribution in [-0.4, -0.2) is 4.62 Å². The molecule has 0 fully saturated rings. The summed E-state index contributed by atoms with van der Waals surface area (Å²) in [6.07, 6.45) is 0.917. The summed E-state index contributed by atoms with van der Waals surface area (Å²) < 4.78 is 0.817. The van der Waals surface area contributed by atoms with Crippen molar-refractivity contribution in [3.63, 3.8) is 0 Å². The zero-order valence-corrected chi connectivity index (χ0v) is 6.71. The minimum atomic E-state index is 0. The molecule has 0 amide bonds. The lowest BCUT2D eigenvalue weighted by Crippen LogP contribution is -3.00. The summed E-state index contributed by atoms with van der Waals surface area (Å²) in [4.78, 5) is 0. The Morgan fingerprint density at radius 3 is 2.00 bits per heavy atom. The Balaban J connectivity index is 0. The molecule has 0 rings (SSSR count). The van der Waals surface area contributed by atoms with Crippen molar-refractivity contribution < 1.29 is 22.4 Å². The molecule has 0 atom stereocenters. The van der Waals surface area contributed by atoms with Gasteiger partial charge in [0.2, 0.25) is 4.62 Å². The lowest BCUT2D eigenvalue weighted by molar-refractivity contribution is -0.110. The van der Waals surface area contributed by atoms with Crippen molar-refractivity contribution in [2.24, 2.45) is 0 Å². The smallest absolute Gasteiger partial charge is 0.215 e. The van der Waals surface area contributed by atoms with Crippen LogP contribution in [0.3, 0.4) is 0 Å². The third-order valence-corrected chi connectivity index (χ3v) is 0.898. The molecular formula is C3H7Br2N. The molecule has 1 nitrogen and oxygen atoms in total. The maximum absolute atomic E-state index is 5.12. The van der Waals surface area contributed by atoms with E-state index in [9.17, 15) is 0 Å². The zero-order chi connectivity index (χ0) is 4.28. The van der Waals surface area contributed by atoms with Crippen LogP contribution < -0.4 is 22.4 Å². The van der Waals surface area contributed by atoms with Gasteiger partial charge in [0.15, 0.2) is 0 Å². The van der Waals surface area contributed by atoms with Crippen LogP contribution in [0, 0.1) is 0 Å². The minimum absolute atomic E-state index is 0. The van der Waals surface area contributed by atoms with Gasteiger partial charge in [-0.1, -0.05) is 6.92 Å². The number of nitrogens with two attached hydrogens (primary N) is 1. The first kappa shape index (κ1) is 9.80. The maximum Gasteiger partial charge on any atom is 0.215 e. The molecule has 2 N–H and O–H groups in total. The zero-order valence-electron chi connectivity index (χ0n) is 3.54. The first-order chi connectivity index (χ1) is 2.27. The molecule has 0 aromatic rings. The molecule has 0 saturated heterocycles. The van der Waals surface area contributed by atoms with E-state index in [1.807, 2.05) is 6.92 Å². The Morgan fingerprint density at radius 1 is 1.83 bits per heavy atom. The molecule has 0 spiro atoms. The molecule has 0 unspecified atom stereocenters. The average molecular weight is 217 g/mol. The van der Waals surface area contributed by atoms with Gasteiger partial charge in [0, 0.05) is 22.4 Å². The fourth-order valence-corrected chi connectivity index (χ4v) is 0. The molecule has 0 aliphatic carbocycles. The largest absolute Gasteiger partial charge is 1.00 e. The minimum Gasteiger partial charge on any atom is -1.00 e. The summed E-state index contributed by atoms with van der Waals surface area (Å²) >= 11 is 3.07. The van der Waals surface area contributed by atoms with Crippen LogP contribution in [-0.2, 0) is 0 Å². The van der Waals surface area contributed by atoms with E-state index >= 15 is 0 Å². The summed E-state index contributed by atoms with van der Waals surface area (Å²) in [6.45, 7) is 1.99. The van der Waals surface area contributed by atoms with Gasteiger partial charge in [-0.25, -0.2) is 0 Å². The molecule has 0 bridgehead atoms. The predicted molar refractivity (Wildman–Crippen MR) is 26.2 cm³/mol. The summed E-state index contributed by atoms with van der Waals surface area (Å²) in [5, 5.41) is 5.12. The van der Waals surface area contributed by atoms with Crippen molar-refractivity contribution in [2.75, 3.05) is 0 Å². The Bertz CT molecular complexity index is 44.1. The number of halogens is 2.